The molecular formula is C16H28N2O2. The van der Waals surface area contributed by atoms with Gasteiger partial charge in [0.25, 0.3) is 0 Å². The Balaban J connectivity index is 2.41. The van der Waals surface area contributed by atoms with E-state index in [9.17, 15) is 9.59 Å². The Morgan fingerprint density at radius 3 is 2.35 bits per heavy atom. The predicted molar refractivity (Wildman–Crippen MR) is 79.3 cm³/mol. The van der Waals surface area contributed by atoms with Gasteiger partial charge in [-0.05, 0) is 39.5 Å². The molecule has 0 aromatic rings. The molecule has 0 radical (unpaired) electrons. The second-order valence-electron chi connectivity index (χ2n) is 6.69. The third kappa shape index (κ3) is 2.13. The number of hydrogen-bond donors (Lipinski definition) is 1. The van der Waals surface area contributed by atoms with Gasteiger partial charge >= 0.3 is 0 Å². The van der Waals surface area contributed by atoms with E-state index in [4.69, 9.17) is 0 Å². The van der Waals surface area contributed by atoms with Crippen molar-refractivity contribution in [3.05, 3.63) is 0 Å². The fraction of sp³-hybridized carbons (Fsp3) is 0.875. The molecule has 20 heavy (non-hydrogen) atoms. The van der Waals surface area contributed by atoms with E-state index in [0.717, 1.165) is 38.5 Å². The molecule has 1 saturated heterocycles. The van der Waals surface area contributed by atoms with Crippen LogP contribution in [-0.4, -0.2) is 33.8 Å². The molecule has 0 bridgehead atoms. The zero-order valence-corrected chi connectivity index (χ0v) is 13.3. The number of rotatable bonds is 4. The lowest BCUT2D eigenvalue weighted by Gasteiger charge is -2.52. The molecule has 2 amide bonds. The van der Waals surface area contributed by atoms with Crippen molar-refractivity contribution in [1.29, 1.82) is 0 Å². The summed E-state index contributed by atoms with van der Waals surface area (Å²) in [5, 5.41) is 3.02. The first-order valence-corrected chi connectivity index (χ1v) is 8.07. The van der Waals surface area contributed by atoms with Crippen LogP contribution in [0.1, 0.15) is 72.6 Å². The van der Waals surface area contributed by atoms with Gasteiger partial charge < -0.3 is 10.2 Å². The monoisotopic (exact) mass is 280 g/mol. The zero-order valence-electron chi connectivity index (χ0n) is 13.3. The van der Waals surface area contributed by atoms with Gasteiger partial charge in [0.15, 0.2) is 0 Å². The van der Waals surface area contributed by atoms with Crippen molar-refractivity contribution in [1.82, 2.24) is 10.2 Å². The highest BCUT2D eigenvalue weighted by molar-refractivity contribution is 6.02. The highest BCUT2D eigenvalue weighted by atomic mass is 16.2. The standard InChI is InChI=1S/C16H28N2O2/c1-5-9-12(3)18-14(20)15(4,6-2)17-13(19)16(18)10-7-8-11-16/h12H,5-11H2,1-4H3,(H,17,19). The van der Waals surface area contributed by atoms with Gasteiger partial charge in [0.05, 0.1) is 0 Å². The predicted octanol–water partition coefficient (Wildman–Crippen LogP) is 2.61. The molecule has 2 fully saturated rings. The van der Waals surface area contributed by atoms with Crippen LogP contribution in [-0.2, 0) is 9.59 Å². The summed E-state index contributed by atoms with van der Waals surface area (Å²) in [6, 6.07) is 0.141. The molecule has 0 aromatic heterocycles. The number of piperazine rings is 1. The molecule has 4 nitrogen and oxygen atoms in total. The highest BCUT2D eigenvalue weighted by Crippen LogP contribution is 2.42. The van der Waals surface area contributed by atoms with Gasteiger partial charge in [0.2, 0.25) is 11.8 Å². The van der Waals surface area contributed by atoms with E-state index >= 15 is 0 Å². The van der Waals surface area contributed by atoms with Crippen molar-refractivity contribution in [2.24, 2.45) is 0 Å². The number of nitrogens with zero attached hydrogens (tertiary/aromatic N) is 1. The zero-order chi connectivity index (χ0) is 15.0. The quantitative estimate of drug-likeness (QED) is 0.860. The summed E-state index contributed by atoms with van der Waals surface area (Å²) in [4.78, 5) is 27.7. The fourth-order valence-electron chi connectivity index (χ4n) is 3.83. The van der Waals surface area contributed by atoms with Crippen LogP contribution in [0.25, 0.3) is 0 Å². The maximum absolute atomic E-state index is 13.0. The van der Waals surface area contributed by atoms with Gasteiger partial charge in [-0.15, -0.1) is 0 Å². The molecule has 0 aromatic carbocycles. The van der Waals surface area contributed by atoms with Gasteiger partial charge in [0.1, 0.15) is 11.1 Å². The van der Waals surface area contributed by atoms with Crippen LogP contribution >= 0.6 is 0 Å². The number of nitrogens with one attached hydrogen (secondary N) is 1. The van der Waals surface area contributed by atoms with Crippen molar-refractivity contribution >= 4 is 11.8 Å². The van der Waals surface area contributed by atoms with Crippen LogP contribution in [0.4, 0.5) is 0 Å². The van der Waals surface area contributed by atoms with Crippen LogP contribution in [0.2, 0.25) is 0 Å². The Kier molecular flexibility index (Phi) is 4.12. The average Bonchev–Trinajstić information content (AvgIpc) is 2.88. The molecule has 1 N–H and O–H groups in total. The average molecular weight is 280 g/mol. The molecule has 1 saturated carbocycles. The topological polar surface area (TPSA) is 49.4 Å². The van der Waals surface area contributed by atoms with E-state index in [1.54, 1.807) is 0 Å². The van der Waals surface area contributed by atoms with E-state index in [1.807, 2.05) is 18.7 Å². The van der Waals surface area contributed by atoms with Crippen molar-refractivity contribution in [2.75, 3.05) is 0 Å². The van der Waals surface area contributed by atoms with Crippen molar-refractivity contribution in [3.63, 3.8) is 0 Å². The lowest BCUT2D eigenvalue weighted by atomic mass is 9.82. The summed E-state index contributed by atoms with van der Waals surface area (Å²) >= 11 is 0. The molecule has 2 rings (SSSR count). The first-order valence-electron chi connectivity index (χ1n) is 8.07. The van der Waals surface area contributed by atoms with Crippen LogP contribution in [0.3, 0.4) is 0 Å². The van der Waals surface area contributed by atoms with Gasteiger partial charge in [-0.1, -0.05) is 33.1 Å². The molecule has 1 aliphatic heterocycles. The summed E-state index contributed by atoms with van der Waals surface area (Å²) < 4.78 is 0. The largest absolute Gasteiger partial charge is 0.340 e. The maximum Gasteiger partial charge on any atom is 0.249 e. The van der Waals surface area contributed by atoms with Crippen molar-refractivity contribution < 1.29 is 9.59 Å². The summed E-state index contributed by atoms with van der Waals surface area (Å²) in [6.45, 7) is 8.05. The minimum Gasteiger partial charge on any atom is -0.340 e. The van der Waals surface area contributed by atoms with Crippen LogP contribution in [0.5, 0.6) is 0 Å². The smallest absolute Gasteiger partial charge is 0.249 e. The second-order valence-corrected chi connectivity index (χ2v) is 6.69. The summed E-state index contributed by atoms with van der Waals surface area (Å²) in [7, 11) is 0. The Bertz CT molecular complexity index is 401. The Labute approximate surface area is 122 Å². The Hall–Kier alpha value is -1.06. The maximum atomic E-state index is 13.0. The van der Waals surface area contributed by atoms with E-state index in [0.29, 0.717) is 6.42 Å². The lowest BCUT2D eigenvalue weighted by Crippen LogP contribution is -2.75. The van der Waals surface area contributed by atoms with Gasteiger partial charge in [-0.2, -0.15) is 0 Å². The summed E-state index contributed by atoms with van der Waals surface area (Å²) in [5.74, 6) is 0.185. The summed E-state index contributed by atoms with van der Waals surface area (Å²) in [6.07, 6.45) is 6.35. The molecule has 1 aliphatic carbocycles. The molecule has 2 atom stereocenters. The molecule has 2 unspecified atom stereocenters. The minimum atomic E-state index is -0.729. The molecule has 2 aliphatic rings. The first-order chi connectivity index (χ1) is 9.41. The minimum absolute atomic E-state index is 0.0712. The van der Waals surface area contributed by atoms with Gasteiger partial charge in [-0.3, -0.25) is 9.59 Å². The summed E-state index contributed by atoms with van der Waals surface area (Å²) in [5.41, 5.74) is -1.30. The van der Waals surface area contributed by atoms with Crippen molar-refractivity contribution in [2.45, 2.75) is 89.8 Å². The Morgan fingerprint density at radius 2 is 1.85 bits per heavy atom. The SMILES string of the molecule is CCCC(C)N1C(=O)C(C)(CC)NC(=O)C12CCCC2. The molecule has 4 heteroatoms. The van der Waals surface area contributed by atoms with Crippen LogP contribution in [0.15, 0.2) is 0 Å². The molecule has 1 spiro atoms. The highest BCUT2D eigenvalue weighted by Gasteiger charge is 2.58. The number of carbonyl (C=O) groups is 2. The van der Waals surface area contributed by atoms with Crippen LogP contribution in [0, 0.1) is 0 Å². The number of carbonyl (C=O) groups excluding carboxylic acids is 2. The third-order valence-electron chi connectivity index (χ3n) is 5.25. The first kappa shape index (κ1) is 15.3. The van der Waals surface area contributed by atoms with Gasteiger partial charge in [0, 0.05) is 6.04 Å². The molecule has 114 valence electrons. The van der Waals surface area contributed by atoms with Crippen LogP contribution < -0.4 is 5.32 Å². The number of hydrogen-bond acceptors (Lipinski definition) is 2. The Morgan fingerprint density at radius 1 is 1.25 bits per heavy atom. The lowest BCUT2D eigenvalue weighted by molar-refractivity contribution is -0.166. The number of amides is 2. The third-order valence-corrected chi connectivity index (χ3v) is 5.25. The fourth-order valence-corrected chi connectivity index (χ4v) is 3.83. The van der Waals surface area contributed by atoms with Crippen molar-refractivity contribution in [3.8, 4) is 0 Å². The normalized spacial score (nSPS) is 30.7. The molecule has 1 heterocycles. The van der Waals surface area contributed by atoms with E-state index in [-0.39, 0.29) is 17.9 Å². The van der Waals surface area contributed by atoms with E-state index in [1.165, 1.54) is 0 Å². The van der Waals surface area contributed by atoms with E-state index in [2.05, 4.69) is 19.2 Å². The second kappa shape index (κ2) is 5.38. The van der Waals surface area contributed by atoms with E-state index < -0.39 is 11.1 Å². The van der Waals surface area contributed by atoms with Gasteiger partial charge in [-0.25, -0.2) is 0 Å². The molecular weight excluding hydrogens is 252 g/mol.